The topological polar surface area (TPSA) is 20.2 Å². The molecule has 0 aromatic carbocycles. The van der Waals surface area contributed by atoms with E-state index in [0.717, 1.165) is 18.4 Å². The van der Waals surface area contributed by atoms with Crippen molar-refractivity contribution in [2.75, 3.05) is 0 Å². The minimum absolute atomic E-state index is 0.323. The zero-order chi connectivity index (χ0) is 9.40. The lowest BCUT2D eigenvalue weighted by Crippen LogP contribution is -2.05. The molecule has 0 spiro atoms. The third kappa shape index (κ3) is 6.00. The number of rotatable bonds is 4. The Labute approximate surface area is 75.5 Å². The van der Waals surface area contributed by atoms with Crippen LogP contribution in [0.1, 0.15) is 39.5 Å². The lowest BCUT2D eigenvalue weighted by Gasteiger charge is -2.06. The molecule has 0 bridgehead atoms. The largest absolute Gasteiger partial charge is 0.392 e. The normalized spacial score (nSPS) is 11.6. The van der Waals surface area contributed by atoms with Gasteiger partial charge in [-0.25, -0.2) is 0 Å². The minimum Gasteiger partial charge on any atom is -0.392 e. The van der Waals surface area contributed by atoms with Crippen LogP contribution in [0.3, 0.4) is 0 Å². The first-order valence-electron chi connectivity index (χ1n) is 4.51. The van der Waals surface area contributed by atoms with Gasteiger partial charge in [-0.15, -0.1) is 11.8 Å². The van der Waals surface area contributed by atoms with Gasteiger partial charge in [0.1, 0.15) is 0 Å². The highest BCUT2D eigenvalue weighted by Crippen LogP contribution is 2.08. The molecule has 1 N–H and O–H groups in total. The minimum atomic E-state index is -0.323. The third-order valence-corrected chi connectivity index (χ3v) is 1.66. The van der Waals surface area contributed by atoms with E-state index in [2.05, 4.69) is 18.4 Å². The highest BCUT2D eigenvalue weighted by molar-refractivity contribution is 5.02. The number of hydrogen-bond donors (Lipinski definition) is 1. The Hall–Kier alpha value is -0.740. The van der Waals surface area contributed by atoms with Gasteiger partial charge in [-0.05, 0) is 12.8 Å². The van der Waals surface area contributed by atoms with Crippen LogP contribution in [-0.4, -0.2) is 11.2 Å². The molecule has 0 aliphatic heterocycles. The van der Waals surface area contributed by atoms with Crippen LogP contribution >= 0.6 is 0 Å². The van der Waals surface area contributed by atoms with E-state index in [0.29, 0.717) is 12.8 Å². The summed E-state index contributed by atoms with van der Waals surface area (Å²) in [6.07, 6.45) is 2.75. The summed E-state index contributed by atoms with van der Waals surface area (Å²) in [5, 5.41) is 9.41. The molecule has 1 nitrogen and oxygen atoms in total. The Morgan fingerprint density at radius 1 is 1.42 bits per heavy atom. The molecule has 68 valence electrons. The summed E-state index contributed by atoms with van der Waals surface area (Å²) >= 11 is 0. The summed E-state index contributed by atoms with van der Waals surface area (Å²) in [7, 11) is 0. The fourth-order valence-corrected chi connectivity index (χ4v) is 0.865. The molecular formula is C11H18O. The summed E-state index contributed by atoms with van der Waals surface area (Å²) in [5.41, 5.74) is 1.10. The van der Waals surface area contributed by atoms with Crippen LogP contribution in [0.25, 0.3) is 0 Å². The average Bonchev–Trinajstić information content (AvgIpc) is 2.05. The van der Waals surface area contributed by atoms with Crippen LogP contribution in [0, 0.1) is 11.8 Å². The third-order valence-electron chi connectivity index (χ3n) is 1.66. The van der Waals surface area contributed by atoms with Crippen molar-refractivity contribution < 1.29 is 5.11 Å². The van der Waals surface area contributed by atoms with Crippen LogP contribution in [0.15, 0.2) is 12.2 Å². The molecule has 12 heavy (non-hydrogen) atoms. The highest BCUT2D eigenvalue weighted by atomic mass is 16.3. The van der Waals surface area contributed by atoms with Crippen molar-refractivity contribution in [1.82, 2.24) is 0 Å². The zero-order valence-corrected chi connectivity index (χ0v) is 8.06. The van der Waals surface area contributed by atoms with Gasteiger partial charge < -0.3 is 5.11 Å². The van der Waals surface area contributed by atoms with Gasteiger partial charge in [0.25, 0.3) is 0 Å². The molecule has 0 fully saturated rings. The standard InChI is InChI=1S/C11H18O/c1-4-6-7-8-11(12)9-10(3)5-2/h11-12H,3-5,8-9H2,1-2H3/t11-/m0/s1. The van der Waals surface area contributed by atoms with E-state index in [1.54, 1.807) is 0 Å². The second-order valence-electron chi connectivity index (χ2n) is 2.87. The monoisotopic (exact) mass is 166 g/mol. The molecule has 0 rings (SSSR count). The zero-order valence-electron chi connectivity index (χ0n) is 8.06. The second-order valence-corrected chi connectivity index (χ2v) is 2.87. The summed E-state index contributed by atoms with van der Waals surface area (Å²) in [5.74, 6) is 5.85. The highest BCUT2D eigenvalue weighted by Gasteiger charge is 2.02. The van der Waals surface area contributed by atoms with Crippen LogP contribution < -0.4 is 0 Å². The molecular weight excluding hydrogens is 148 g/mol. The van der Waals surface area contributed by atoms with Crippen molar-refractivity contribution >= 4 is 0 Å². The Morgan fingerprint density at radius 3 is 2.58 bits per heavy atom. The Bertz CT molecular complexity index is 183. The van der Waals surface area contributed by atoms with Gasteiger partial charge in [0, 0.05) is 12.8 Å². The predicted octanol–water partition coefficient (Wildman–Crippen LogP) is 2.51. The quantitative estimate of drug-likeness (QED) is 0.502. The van der Waals surface area contributed by atoms with E-state index in [9.17, 15) is 5.11 Å². The van der Waals surface area contributed by atoms with Gasteiger partial charge in [-0.2, -0.15) is 0 Å². The molecule has 0 saturated carbocycles. The first-order chi connectivity index (χ1) is 5.70. The first-order valence-corrected chi connectivity index (χ1v) is 4.51. The maximum Gasteiger partial charge on any atom is 0.0686 e. The molecule has 0 aliphatic rings. The molecule has 0 aromatic heterocycles. The fourth-order valence-electron chi connectivity index (χ4n) is 0.865. The molecule has 0 saturated heterocycles. The van der Waals surface area contributed by atoms with Crippen LogP contribution in [0.4, 0.5) is 0 Å². The van der Waals surface area contributed by atoms with E-state index in [4.69, 9.17) is 0 Å². The van der Waals surface area contributed by atoms with Crippen molar-refractivity contribution in [2.24, 2.45) is 0 Å². The number of hydrogen-bond acceptors (Lipinski definition) is 1. The molecule has 0 heterocycles. The number of aliphatic hydroxyl groups excluding tert-OH is 1. The summed E-state index contributed by atoms with van der Waals surface area (Å²) in [4.78, 5) is 0. The Morgan fingerprint density at radius 2 is 2.08 bits per heavy atom. The molecule has 0 aromatic rings. The van der Waals surface area contributed by atoms with Crippen molar-refractivity contribution in [3.63, 3.8) is 0 Å². The molecule has 0 amide bonds. The smallest absolute Gasteiger partial charge is 0.0686 e. The summed E-state index contributed by atoms with van der Waals surface area (Å²) < 4.78 is 0. The van der Waals surface area contributed by atoms with E-state index in [1.165, 1.54) is 0 Å². The SMILES string of the molecule is C=C(CC)C[C@@H](O)CC#CCC. The molecule has 1 atom stereocenters. The van der Waals surface area contributed by atoms with Gasteiger partial charge >= 0.3 is 0 Å². The van der Waals surface area contributed by atoms with Crippen molar-refractivity contribution in [2.45, 2.75) is 45.6 Å². The van der Waals surface area contributed by atoms with Crippen molar-refractivity contribution in [3.05, 3.63) is 12.2 Å². The van der Waals surface area contributed by atoms with Crippen LogP contribution in [0.5, 0.6) is 0 Å². The van der Waals surface area contributed by atoms with Gasteiger partial charge in [0.05, 0.1) is 6.10 Å². The van der Waals surface area contributed by atoms with E-state index in [-0.39, 0.29) is 6.10 Å². The van der Waals surface area contributed by atoms with Gasteiger partial charge in [0.15, 0.2) is 0 Å². The fraction of sp³-hybridized carbons (Fsp3) is 0.636. The summed E-state index contributed by atoms with van der Waals surface area (Å²) in [6.45, 7) is 7.89. The second kappa shape index (κ2) is 6.94. The molecule has 0 aliphatic carbocycles. The lowest BCUT2D eigenvalue weighted by molar-refractivity contribution is 0.180. The lowest BCUT2D eigenvalue weighted by atomic mass is 10.1. The van der Waals surface area contributed by atoms with Crippen LogP contribution in [0.2, 0.25) is 0 Å². The van der Waals surface area contributed by atoms with E-state index in [1.807, 2.05) is 13.8 Å². The number of aliphatic hydroxyl groups is 1. The summed E-state index contributed by atoms with van der Waals surface area (Å²) in [6, 6.07) is 0. The average molecular weight is 166 g/mol. The Balaban J connectivity index is 3.59. The predicted molar refractivity (Wildman–Crippen MR) is 52.7 cm³/mol. The van der Waals surface area contributed by atoms with E-state index < -0.39 is 0 Å². The van der Waals surface area contributed by atoms with Crippen molar-refractivity contribution in [1.29, 1.82) is 0 Å². The molecule has 1 heteroatoms. The maximum atomic E-state index is 9.41. The van der Waals surface area contributed by atoms with Gasteiger partial charge in [0.2, 0.25) is 0 Å². The van der Waals surface area contributed by atoms with Crippen LogP contribution in [-0.2, 0) is 0 Å². The maximum absolute atomic E-state index is 9.41. The molecule has 0 radical (unpaired) electrons. The van der Waals surface area contributed by atoms with Gasteiger partial charge in [-0.1, -0.05) is 26.0 Å². The van der Waals surface area contributed by atoms with Gasteiger partial charge in [-0.3, -0.25) is 0 Å². The van der Waals surface area contributed by atoms with Crippen molar-refractivity contribution in [3.8, 4) is 11.8 Å². The Kier molecular flexibility index (Phi) is 6.51. The van der Waals surface area contributed by atoms with E-state index >= 15 is 0 Å². The molecule has 0 unspecified atom stereocenters. The first kappa shape index (κ1) is 11.3.